The van der Waals surface area contributed by atoms with E-state index >= 15 is 0 Å². The lowest BCUT2D eigenvalue weighted by molar-refractivity contribution is 0.796. The first-order chi connectivity index (χ1) is 11.6. The predicted octanol–water partition coefficient (Wildman–Crippen LogP) is 1.23. The lowest BCUT2D eigenvalue weighted by Gasteiger charge is -2.06. The van der Waals surface area contributed by atoms with E-state index < -0.39 is 0 Å². The maximum atomic E-state index is 5.60. The van der Waals surface area contributed by atoms with Crippen LogP contribution in [0, 0.1) is 6.92 Å². The molecule has 0 fully saturated rings. The van der Waals surface area contributed by atoms with Crippen LogP contribution in [0.15, 0.2) is 29.4 Å². The predicted molar refractivity (Wildman–Crippen MR) is 91.2 cm³/mol. The fourth-order valence-electron chi connectivity index (χ4n) is 2.38. The van der Waals surface area contributed by atoms with Gasteiger partial charge in [0.2, 0.25) is 11.9 Å². The Hall–Kier alpha value is -3.01. The van der Waals surface area contributed by atoms with E-state index in [0.29, 0.717) is 22.6 Å². The molecular formula is C14H13N9S. The SMILES string of the molecule is Cc1nc2c3ccccc3nc(SCc3nc(N)nc(N)n3)n2n1. The minimum Gasteiger partial charge on any atom is -0.368 e. The van der Waals surface area contributed by atoms with Crippen molar-refractivity contribution in [1.29, 1.82) is 0 Å². The molecule has 4 N–H and O–H groups in total. The van der Waals surface area contributed by atoms with Crippen molar-refractivity contribution in [2.45, 2.75) is 17.8 Å². The zero-order chi connectivity index (χ0) is 16.7. The summed E-state index contributed by atoms with van der Waals surface area (Å²) in [6.45, 7) is 1.85. The summed E-state index contributed by atoms with van der Waals surface area (Å²) < 4.78 is 1.73. The molecule has 3 aromatic heterocycles. The second-order valence-electron chi connectivity index (χ2n) is 5.06. The molecule has 1 aromatic carbocycles. The van der Waals surface area contributed by atoms with Crippen LogP contribution in [-0.4, -0.2) is 34.5 Å². The number of fused-ring (bicyclic) bond motifs is 3. The van der Waals surface area contributed by atoms with E-state index in [1.807, 2.05) is 31.2 Å². The molecule has 0 atom stereocenters. The van der Waals surface area contributed by atoms with Crippen LogP contribution in [0.4, 0.5) is 11.9 Å². The van der Waals surface area contributed by atoms with E-state index in [0.717, 1.165) is 16.6 Å². The van der Waals surface area contributed by atoms with E-state index in [1.54, 1.807) is 4.52 Å². The van der Waals surface area contributed by atoms with Crippen molar-refractivity contribution in [1.82, 2.24) is 34.5 Å². The molecule has 0 aliphatic heterocycles. The molecule has 3 heterocycles. The average molecular weight is 339 g/mol. The number of nitrogens with two attached hydrogens (primary N) is 2. The van der Waals surface area contributed by atoms with Gasteiger partial charge in [0.15, 0.2) is 10.8 Å². The van der Waals surface area contributed by atoms with Crippen LogP contribution in [-0.2, 0) is 5.75 Å². The zero-order valence-electron chi connectivity index (χ0n) is 12.7. The van der Waals surface area contributed by atoms with Crippen molar-refractivity contribution in [2.75, 3.05) is 11.5 Å². The first kappa shape index (κ1) is 14.6. The summed E-state index contributed by atoms with van der Waals surface area (Å²) in [5.41, 5.74) is 12.8. The minimum atomic E-state index is 0.103. The molecule has 0 saturated heterocycles. The molecule has 0 unspecified atom stereocenters. The van der Waals surface area contributed by atoms with E-state index in [2.05, 4.69) is 30.0 Å². The van der Waals surface area contributed by atoms with Crippen LogP contribution in [0.2, 0.25) is 0 Å². The van der Waals surface area contributed by atoms with Gasteiger partial charge in [-0.2, -0.15) is 19.5 Å². The molecule has 120 valence electrons. The molecule has 0 spiro atoms. The highest BCUT2D eigenvalue weighted by atomic mass is 32.2. The molecule has 4 rings (SSSR count). The van der Waals surface area contributed by atoms with Crippen molar-refractivity contribution < 1.29 is 0 Å². The van der Waals surface area contributed by atoms with Crippen molar-refractivity contribution in [3.8, 4) is 0 Å². The van der Waals surface area contributed by atoms with Crippen molar-refractivity contribution in [3.05, 3.63) is 35.9 Å². The lowest BCUT2D eigenvalue weighted by Crippen LogP contribution is -2.06. The van der Waals surface area contributed by atoms with Gasteiger partial charge < -0.3 is 11.5 Å². The average Bonchev–Trinajstić information content (AvgIpc) is 2.93. The highest BCUT2D eigenvalue weighted by Crippen LogP contribution is 2.25. The second-order valence-corrected chi connectivity index (χ2v) is 6.01. The Labute approximate surface area is 140 Å². The van der Waals surface area contributed by atoms with Crippen LogP contribution in [0.1, 0.15) is 11.6 Å². The highest BCUT2D eigenvalue weighted by molar-refractivity contribution is 7.98. The van der Waals surface area contributed by atoms with Crippen LogP contribution in [0.25, 0.3) is 16.6 Å². The van der Waals surface area contributed by atoms with E-state index in [1.165, 1.54) is 11.8 Å². The van der Waals surface area contributed by atoms with Crippen molar-refractivity contribution in [2.24, 2.45) is 0 Å². The van der Waals surface area contributed by atoms with Gasteiger partial charge in [-0.1, -0.05) is 23.9 Å². The Morgan fingerprint density at radius 2 is 1.75 bits per heavy atom. The fraction of sp³-hybridized carbons (Fsp3) is 0.143. The molecule has 0 bridgehead atoms. The third-order valence-corrected chi connectivity index (χ3v) is 4.23. The molecule has 24 heavy (non-hydrogen) atoms. The Bertz CT molecular complexity index is 1040. The van der Waals surface area contributed by atoms with Gasteiger partial charge in [0, 0.05) is 5.39 Å². The number of nitrogens with zero attached hydrogens (tertiary/aromatic N) is 7. The number of para-hydroxylation sites is 1. The third kappa shape index (κ3) is 2.56. The van der Waals surface area contributed by atoms with Crippen LogP contribution in [0.5, 0.6) is 0 Å². The maximum absolute atomic E-state index is 5.60. The quantitative estimate of drug-likeness (QED) is 0.417. The first-order valence-corrected chi connectivity index (χ1v) is 8.09. The smallest absolute Gasteiger partial charge is 0.225 e. The molecule has 10 heteroatoms. The highest BCUT2D eigenvalue weighted by Gasteiger charge is 2.13. The van der Waals surface area contributed by atoms with Gasteiger partial charge >= 0.3 is 0 Å². The Balaban J connectivity index is 1.77. The van der Waals surface area contributed by atoms with Gasteiger partial charge in [-0.25, -0.2) is 9.97 Å². The normalized spacial score (nSPS) is 11.4. The molecule has 0 aliphatic rings. The molecule has 0 saturated carbocycles. The largest absolute Gasteiger partial charge is 0.368 e. The first-order valence-electron chi connectivity index (χ1n) is 7.11. The van der Waals surface area contributed by atoms with Gasteiger partial charge in [-0.05, 0) is 19.1 Å². The monoisotopic (exact) mass is 339 g/mol. The van der Waals surface area contributed by atoms with Gasteiger partial charge in [0.25, 0.3) is 0 Å². The Morgan fingerprint density at radius 3 is 2.54 bits per heavy atom. The van der Waals surface area contributed by atoms with E-state index in [9.17, 15) is 0 Å². The Morgan fingerprint density at radius 1 is 1.00 bits per heavy atom. The number of rotatable bonds is 3. The molecule has 4 aromatic rings. The summed E-state index contributed by atoms with van der Waals surface area (Å²) in [6.07, 6.45) is 0. The molecule has 0 amide bonds. The van der Waals surface area contributed by atoms with Crippen LogP contribution in [0.3, 0.4) is 0 Å². The summed E-state index contributed by atoms with van der Waals surface area (Å²) in [4.78, 5) is 21.1. The molecular weight excluding hydrogens is 326 g/mol. The summed E-state index contributed by atoms with van der Waals surface area (Å²) in [5, 5.41) is 6.08. The number of hydrogen-bond acceptors (Lipinski definition) is 9. The van der Waals surface area contributed by atoms with Crippen LogP contribution < -0.4 is 11.5 Å². The molecule has 9 nitrogen and oxygen atoms in total. The second kappa shape index (κ2) is 5.57. The fourth-order valence-corrected chi connectivity index (χ4v) is 3.18. The molecule has 0 aliphatic carbocycles. The summed E-state index contributed by atoms with van der Waals surface area (Å²) in [6, 6.07) is 7.82. The number of hydrogen-bond donors (Lipinski definition) is 2. The summed E-state index contributed by atoms with van der Waals surface area (Å²) in [5.74, 6) is 1.82. The minimum absolute atomic E-state index is 0.103. The summed E-state index contributed by atoms with van der Waals surface area (Å²) in [7, 11) is 0. The molecule has 0 radical (unpaired) electrons. The standard InChI is InChI=1S/C14H13N9S/c1-7-17-11-8-4-2-3-5-9(8)18-14(23(11)22-7)24-6-10-19-12(15)21-13(16)20-10/h2-5H,6H2,1H3,(H4,15,16,19,20,21). The number of aromatic nitrogens is 7. The number of thioether (sulfide) groups is 1. The van der Waals surface area contributed by atoms with E-state index in [4.69, 9.17) is 11.5 Å². The van der Waals surface area contributed by atoms with Gasteiger partial charge in [0.05, 0.1) is 11.3 Å². The number of nitrogen functional groups attached to an aromatic ring is 2. The third-order valence-electron chi connectivity index (χ3n) is 3.30. The summed E-state index contributed by atoms with van der Waals surface area (Å²) >= 11 is 1.43. The van der Waals surface area contributed by atoms with Gasteiger partial charge in [-0.3, -0.25) is 0 Å². The maximum Gasteiger partial charge on any atom is 0.225 e. The van der Waals surface area contributed by atoms with Crippen molar-refractivity contribution in [3.63, 3.8) is 0 Å². The number of aryl methyl sites for hydroxylation is 1. The van der Waals surface area contributed by atoms with Gasteiger partial charge in [0.1, 0.15) is 11.6 Å². The van der Waals surface area contributed by atoms with Crippen LogP contribution >= 0.6 is 11.8 Å². The number of benzene rings is 1. The lowest BCUT2D eigenvalue weighted by atomic mass is 10.2. The van der Waals surface area contributed by atoms with Crippen molar-refractivity contribution >= 4 is 40.2 Å². The number of anilines is 2. The van der Waals surface area contributed by atoms with Gasteiger partial charge in [-0.15, -0.1) is 5.10 Å². The van der Waals surface area contributed by atoms with E-state index in [-0.39, 0.29) is 11.9 Å². The Kier molecular flexibility index (Phi) is 3.38. The zero-order valence-corrected chi connectivity index (χ0v) is 13.5. The topological polar surface area (TPSA) is 134 Å².